The normalized spacial score (nSPS) is 16.8. The number of amides is 1. The molecule has 10 heteroatoms. The number of sulfonamides is 1. The van der Waals surface area contributed by atoms with Gasteiger partial charge in [0.05, 0.1) is 11.8 Å². The number of benzene rings is 1. The standard InChI is InChI=1S/C21H25N3O4S3/c1-4-24-18-16(28-3)8-7-14(2)19(18)30-21(24)22-20(25)15-9-11-23(12-10-15)31(26,27)17-6-5-13-29-17/h5-8,13,15H,4,9-12H2,1-3H3. The Morgan fingerprint density at radius 3 is 2.61 bits per heavy atom. The number of carbonyl (C=O) groups is 1. The first-order valence-electron chi connectivity index (χ1n) is 10.2. The van der Waals surface area contributed by atoms with E-state index in [0.29, 0.717) is 41.5 Å². The van der Waals surface area contributed by atoms with E-state index in [-0.39, 0.29) is 11.8 Å². The highest BCUT2D eigenvalue weighted by Gasteiger charge is 2.32. The summed E-state index contributed by atoms with van der Waals surface area (Å²) in [7, 11) is -1.83. The average molecular weight is 480 g/mol. The number of ether oxygens (including phenoxy) is 1. The lowest BCUT2D eigenvalue weighted by Crippen LogP contribution is -2.40. The fourth-order valence-corrected chi connectivity index (χ4v) is 7.69. The summed E-state index contributed by atoms with van der Waals surface area (Å²) >= 11 is 2.71. The zero-order chi connectivity index (χ0) is 22.2. The maximum Gasteiger partial charge on any atom is 0.252 e. The number of piperidine rings is 1. The van der Waals surface area contributed by atoms with Gasteiger partial charge < -0.3 is 9.30 Å². The third-order valence-corrected chi connectivity index (χ3v) is 10.1. The van der Waals surface area contributed by atoms with Gasteiger partial charge in [-0.05, 0) is 49.8 Å². The topological polar surface area (TPSA) is 81.0 Å². The van der Waals surface area contributed by atoms with Gasteiger partial charge in [-0.2, -0.15) is 9.30 Å². The van der Waals surface area contributed by atoms with Crippen molar-refractivity contribution >= 4 is 48.8 Å². The van der Waals surface area contributed by atoms with E-state index in [1.54, 1.807) is 24.6 Å². The summed E-state index contributed by atoms with van der Waals surface area (Å²) < 4.78 is 35.8. The monoisotopic (exact) mass is 479 g/mol. The lowest BCUT2D eigenvalue weighted by atomic mass is 9.98. The van der Waals surface area contributed by atoms with Crippen LogP contribution in [0.25, 0.3) is 10.2 Å². The first kappa shape index (κ1) is 22.2. The Labute approximate surface area is 189 Å². The van der Waals surface area contributed by atoms with Crippen molar-refractivity contribution in [2.75, 3.05) is 20.2 Å². The van der Waals surface area contributed by atoms with E-state index in [2.05, 4.69) is 4.99 Å². The molecular weight excluding hydrogens is 454 g/mol. The summed E-state index contributed by atoms with van der Waals surface area (Å²) in [6.07, 6.45) is 0.957. The molecule has 0 spiro atoms. The van der Waals surface area contributed by atoms with Crippen LogP contribution in [0.4, 0.5) is 0 Å². The molecule has 0 atom stereocenters. The van der Waals surface area contributed by atoms with Crippen molar-refractivity contribution in [2.45, 2.75) is 37.4 Å². The van der Waals surface area contributed by atoms with Crippen LogP contribution in [0.15, 0.2) is 38.8 Å². The van der Waals surface area contributed by atoms with Gasteiger partial charge in [-0.25, -0.2) is 8.42 Å². The molecule has 1 aliphatic rings. The van der Waals surface area contributed by atoms with Gasteiger partial charge in [-0.3, -0.25) is 4.79 Å². The van der Waals surface area contributed by atoms with Gasteiger partial charge in [0.2, 0.25) is 0 Å². The quantitative estimate of drug-likeness (QED) is 0.560. The lowest BCUT2D eigenvalue weighted by Gasteiger charge is -2.29. The molecule has 0 N–H and O–H groups in total. The van der Waals surface area contributed by atoms with Crippen LogP contribution < -0.4 is 9.54 Å². The summed E-state index contributed by atoms with van der Waals surface area (Å²) in [6.45, 7) is 5.39. The molecule has 0 radical (unpaired) electrons. The number of aryl methyl sites for hydroxylation is 2. The SMILES string of the molecule is CCn1c(=NC(=O)C2CCN(S(=O)(=O)c3cccs3)CC2)sc2c(C)ccc(OC)c21. The van der Waals surface area contributed by atoms with E-state index in [1.807, 2.05) is 30.5 Å². The Hall–Kier alpha value is -2.01. The summed E-state index contributed by atoms with van der Waals surface area (Å²) in [6, 6.07) is 7.30. The van der Waals surface area contributed by atoms with Gasteiger partial charge in [0, 0.05) is 25.6 Å². The van der Waals surface area contributed by atoms with Crippen molar-refractivity contribution < 1.29 is 17.9 Å². The van der Waals surface area contributed by atoms with Crippen LogP contribution in [0.2, 0.25) is 0 Å². The lowest BCUT2D eigenvalue weighted by molar-refractivity contribution is -0.122. The van der Waals surface area contributed by atoms with Gasteiger partial charge in [0.1, 0.15) is 15.5 Å². The fraction of sp³-hybridized carbons (Fsp3) is 0.429. The molecule has 0 saturated carbocycles. The molecule has 2 aromatic heterocycles. The predicted molar refractivity (Wildman–Crippen MR) is 123 cm³/mol. The number of carbonyl (C=O) groups excluding carboxylic acids is 1. The van der Waals surface area contributed by atoms with Crippen molar-refractivity contribution in [2.24, 2.45) is 10.9 Å². The zero-order valence-electron chi connectivity index (χ0n) is 17.7. The minimum Gasteiger partial charge on any atom is -0.495 e. The zero-order valence-corrected chi connectivity index (χ0v) is 20.1. The number of aromatic nitrogens is 1. The first-order valence-corrected chi connectivity index (χ1v) is 13.3. The van der Waals surface area contributed by atoms with Gasteiger partial charge >= 0.3 is 0 Å². The van der Waals surface area contributed by atoms with Crippen LogP contribution in [0.5, 0.6) is 5.75 Å². The molecular formula is C21H25N3O4S3. The number of fused-ring (bicyclic) bond motifs is 1. The van der Waals surface area contributed by atoms with Crippen LogP contribution in [0.1, 0.15) is 25.3 Å². The fourth-order valence-electron chi connectivity index (χ4n) is 3.89. The van der Waals surface area contributed by atoms with E-state index in [1.165, 1.54) is 27.0 Å². The first-order chi connectivity index (χ1) is 14.9. The third-order valence-electron chi connectivity index (χ3n) is 5.62. The number of hydrogen-bond acceptors (Lipinski definition) is 6. The maximum atomic E-state index is 13.0. The highest BCUT2D eigenvalue weighted by Crippen LogP contribution is 2.31. The molecule has 1 saturated heterocycles. The molecule has 1 aliphatic heterocycles. The molecule has 0 bridgehead atoms. The number of thiophene rings is 1. The average Bonchev–Trinajstić information content (AvgIpc) is 3.43. The number of methoxy groups -OCH3 is 1. The Kier molecular flexibility index (Phi) is 6.34. The molecule has 1 amide bonds. The largest absolute Gasteiger partial charge is 0.495 e. The van der Waals surface area contributed by atoms with Crippen molar-refractivity contribution in [3.05, 3.63) is 40.0 Å². The van der Waals surface area contributed by atoms with Crippen molar-refractivity contribution in [3.8, 4) is 5.75 Å². The van der Waals surface area contributed by atoms with E-state index in [0.717, 1.165) is 21.5 Å². The molecule has 1 fully saturated rings. The van der Waals surface area contributed by atoms with E-state index >= 15 is 0 Å². The summed E-state index contributed by atoms with van der Waals surface area (Å²) in [5.74, 6) is 0.312. The molecule has 4 rings (SSSR count). The summed E-state index contributed by atoms with van der Waals surface area (Å²) in [5, 5.41) is 1.76. The summed E-state index contributed by atoms with van der Waals surface area (Å²) in [4.78, 5) is 18.1. The van der Waals surface area contributed by atoms with Crippen molar-refractivity contribution in [1.29, 1.82) is 0 Å². The van der Waals surface area contributed by atoms with E-state index < -0.39 is 10.0 Å². The second-order valence-corrected chi connectivity index (χ2v) is 11.5. The van der Waals surface area contributed by atoms with Gasteiger partial charge in [0.25, 0.3) is 15.9 Å². The molecule has 3 heterocycles. The number of thiazole rings is 1. The molecule has 166 valence electrons. The molecule has 1 aromatic carbocycles. The minimum absolute atomic E-state index is 0.182. The number of rotatable bonds is 5. The maximum absolute atomic E-state index is 13.0. The Balaban J connectivity index is 1.58. The Bertz CT molecular complexity index is 1270. The molecule has 31 heavy (non-hydrogen) atoms. The van der Waals surface area contributed by atoms with Gasteiger partial charge in [0.15, 0.2) is 4.80 Å². The number of nitrogens with zero attached hydrogens (tertiary/aromatic N) is 3. The van der Waals surface area contributed by atoms with Crippen molar-refractivity contribution in [1.82, 2.24) is 8.87 Å². The predicted octanol–water partition coefficient (Wildman–Crippen LogP) is 3.63. The van der Waals surface area contributed by atoms with Crippen LogP contribution in [-0.4, -0.2) is 43.4 Å². The third kappa shape index (κ3) is 4.09. The minimum atomic E-state index is -3.47. The van der Waals surface area contributed by atoms with Crippen LogP contribution in [-0.2, 0) is 21.4 Å². The van der Waals surface area contributed by atoms with Gasteiger partial charge in [-0.15, -0.1) is 11.3 Å². The van der Waals surface area contributed by atoms with Crippen LogP contribution in [0, 0.1) is 12.8 Å². The van der Waals surface area contributed by atoms with Crippen LogP contribution >= 0.6 is 22.7 Å². The molecule has 0 unspecified atom stereocenters. The second-order valence-electron chi connectivity index (χ2n) is 7.45. The molecule has 7 nitrogen and oxygen atoms in total. The van der Waals surface area contributed by atoms with Crippen LogP contribution in [0.3, 0.4) is 0 Å². The van der Waals surface area contributed by atoms with Crippen molar-refractivity contribution in [3.63, 3.8) is 0 Å². The smallest absolute Gasteiger partial charge is 0.252 e. The number of hydrogen-bond donors (Lipinski definition) is 0. The Morgan fingerprint density at radius 2 is 2.00 bits per heavy atom. The van der Waals surface area contributed by atoms with Gasteiger partial charge in [-0.1, -0.05) is 23.5 Å². The van der Waals surface area contributed by atoms with E-state index in [4.69, 9.17) is 4.74 Å². The highest BCUT2D eigenvalue weighted by molar-refractivity contribution is 7.91. The summed E-state index contributed by atoms with van der Waals surface area (Å²) in [5.41, 5.74) is 2.07. The molecule has 0 aliphatic carbocycles. The highest BCUT2D eigenvalue weighted by atomic mass is 32.2. The van der Waals surface area contributed by atoms with E-state index in [9.17, 15) is 13.2 Å². The molecule has 3 aromatic rings. The Morgan fingerprint density at radius 1 is 1.26 bits per heavy atom. The second kappa shape index (κ2) is 8.85.